The van der Waals surface area contributed by atoms with E-state index >= 15 is 0 Å². The van der Waals surface area contributed by atoms with Gasteiger partial charge in [-0.2, -0.15) is 4.98 Å². The highest BCUT2D eigenvalue weighted by Gasteiger charge is 2.36. The molecular formula is C18H23N3O4. The Morgan fingerprint density at radius 1 is 1.40 bits per heavy atom. The molecule has 1 aromatic carbocycles. The van der Waals surface area contributed by atoms with E-state index in [1.165, 1.54) is 0 Å². The van der Waals surface area contributed by atoms with Crippen LogP contribution in [0.1, 0.15) is 31.0 Å². The quantitative estimate of drug-likeness (QED) is 0.858. The highest BCUT2D eigenvalue weighted by molar-refractivity contribution is 5.76. The Kier molecular flexibility index (Phi) is 5.33. The Bertz CT molecular complexity index is 703. The van der Waals surface area contributed by atoms with E-state index < -0.39 is 5.60 Å². The topological polar surface area (TPSA) is 88.7 Å². The molecule has 3 rings (SSSR count). The average molecular weight is 345 g/mol. The molecule has 1 aromatic heterocycles. The minimum Gasteiger partial charge on any atom is -0.493 e. The second-order valence-corrected chi connectivity index (χ2v) is 6.47. The highest BCUT2D eigenvalue weighted by Crippen LogP contribution is 2.25. The van der Waals surface area contributed by atoms with Crippen molar-refractivity contribution in [2.45, 2.75) is 38.2 Å². The fraction of sp³-hybridized carbons (Fsp3) is 0.500. The van der Waals surface area contributed by atoms with Crippen LogP contribution < -0.4 is 4.74 Å². The molecule has 7 nitrogen and oxygen atoms in total. The monoisotopic (exact) mass is 345 g/mol. The SMILES string of the molecule is Cc1noc(CC2(O)CCCN(C(=O)CCOc3ccccc3)C2)n1. The summed E-state index contributed by atoms with van der Waals surface area (Å²) in [6.45, 7) is 2.98. The lowest BCUT2D eigenvalue weighted by molar-refractivity contribution is -0.139. The number of carbonyl (C=O) groups is 1. The molecule has 1 fully saturated rings. The molecule has 7 heteroatoms. The van der Waals surface area contributed by atoms with Crippen LogP contribution in [-0.4, -0.2) is 51.4 Å². The number of aromatic nitrogens is 2. The maximum Gasteiger partial charge on any atom is 0.229 e. The fourth-order valence-corrected chi connectivity index (χ4v) is 3.09. The van der Waals surface area contributed by atoms with E-state index in [1.807, 2.05) is 30.3 Å². The number of nitrogens with zero attached hydrogens (tertiary/aromatic N) is 3. The van der Waals surface area contributed by atoms with E-state index in [1.54, 1.807) is 11.8 Å². The average Bonchev–Trinajstić information content (AvgIpc) is 3.00. The van der Waals surface area contributed by atoms with Gasteiger partial charge in [0, 0.05) is 13.1 Å². The Labute approximate surface area is 146 Å². The predicted molar refractivity (Wildman–Crippen MR) is 90.1 cm³/mol. The van der Waals surface area contributed by atoms with Crippen LogP contribution in [-0.2, 0) is 11.2 Å². The van der Waals surface area contributed by atoms with Crippen molar-refractivity contribution >= 4 is 5.91 Å². The summed E-state index contributed by atoms with van der Waals surface area (Å²) in [6.07, 6.45) is 1.90. The first-order valence-corrected chi connectivity index (χ1v) is 8.51. The summed E-state index contributed by atoms with van der Waals surface area (Å²) in [6, 6.07) is 9.41. The van der Waals surface area contributed by atoms with E-state index in [9.17, 15) is 9.90 Å². The van der Waals surface area contributed by atoms with Gasteiger partial charge in [0.1, 0.15) is 5.75 Å². The first-order chi connectivity index (χ1) is 12.0. The molecule has 2 aromatic rings. The number of amides is 1. The molecule has 1 unspecified atom stereocenters. The summed E-state index contributed by atoms with van der Waals surface area (Å²) in [5.41, 5.74) is -1.02. The van der Waals surface area contributed by atoms with Crippen LogP contribution in [0.3, 0.4) is 0 Å². The molecule has 1 saturated heterocycles. The van der Waals surface area contributed by atoms with Crippen LogP contribution in [0.2, 0.25) is 0 Å². The van der Waals surface area contributed by atoms with Crippen LogP contribution in [0.4, 0.5) is 0 Å². The Hall–Kier alpha value is -2.41. The number of aliphatic hydroxyl groups is 1. The van der Waals surface area contributed by atoms with Crippen LogP contribution >= 0.6 is 0 Å². The van der Waals surface area contributed by atoms with E-state index in [4.69, 9.17) is 9.26 Å². The van der Waals surface area contributed by atoms with Crippen molar-refractivity contribution in [3.05, 3.63) is 42.0 Å². The fourth-order valence-electron chi connectivity index (χ4n) is 3.09. The van der Waals surface area contributed by atoms with Crippen LogP contribution in [0, 0.1) is 6.92 Å². The minimum absolute atomic E-state index is 0.0178. The van der Waals surface area contributed by atoms with Gasteiger partial charge >= 0.3 is 0 Å². The zero-order valence-electron chi connectivity index (χ0n) is 14.4. The van der Waals surface area contributed by atoms with Gasteiger partial charge in [-0.15, -0.1) is 0 Å². The molecule has 1 amide bonds. The van der Waals surface area contributed by atoms with Crippen LogP contribution in [0.5, 0.6) is 5.75 Å². The largest absolute Gasteiger partial charge is 0.493 e. The summed E-state index contributed by atoms with van der Waals surface area (Å²) < 4.78 is 10.7. The molecule has 0 saturated carbocycles. The summed E-state index contributed by atoms with van der Waals surface area (Å²) >= 11 is 0. The lowest BCUT2D eigenvalue weighted by atomic mass is 9.89. The number of carbonyl (C=O) groups excluding carboxylic acids is 1. The molecule has 0 aliphatic carbocycles. The molecule has 1 atom stereocenters. The molecule has 1 N–H and O–H groups in total. The van der Waals surface area contributed by atoms with Crippen molar-refractivity contribution in [1.29, 1.82) is 0 Å². The van der Waals surface area contributed by atoms with Gasteiger partial charge in [-0.3, -0.25) is 4.79 Å². The first-order valence-electron chi connectivity index (χ1n) is 8.51. The number of rotatable bonds is 6. The number of ether oxygens (including phenoxy) is 1. The lowest BCUT2D eigenvalue weighted by Crippen LogP contribution is -2.51. The van der Waals surface area contributed by atoms with Crippen LogP contribution in [0.15, 0.2) is 34.9 Å². The van der Waals surface area contributed by atoms with Crippen molar-refractivity contribution < 1.29 is 19.2 Å². The molecule has 1 aliphatic rings. The van der Waals surface area contributed by atoms with Crippen molar-refractivity contribution in [2.75, 3.05) is 19.7 Å². The summed E-state index contributed by atoms with van der Waals surface area (Å²) in [7, 11) is 0. The molecule has 0 bridgehead atoms. The Morgan fingerprint density at radius 2 is 2.20 bits per heavy atom. The number of benzene rings is 1. The number of hydrogen-bond acceptors (Lipinski definition) is 6. The van der Waals surface area contributed by atoms with Gasteiger partial charge in [-0.05, 0) is 31.9 Å². The maximum absolute atomic E-state index is 12.4. The number of likely N-dealkylation sites (tertiary alicyclic amines) is 1. The van der Waals surface area contributed by atoms with Gasteiger partial charge in [0.15, 0.2) is 5.82 Å². The Balaban J connectivity index is 1.50. The predicted octanol–water partition coefficient (Wildman–Crippen LogP) is 1.74. The van der Waals surface area contributed by atoms with Crippen molar-refractivity contribution in [3.8, 4) is 5.75 Å². The third-order valence-corrected chi connectivity index (χ3v) is 4.29. The summed E-state index contributed by atoms with van der Waals surface area (Å²) in [4.78, 5) is 18.3. The van der Waals surface area contributed by atoms with Crippen molar-refractivity contribution in [3.63, 3.8) is 0 Å². The van der Waals surface area contributed by atoms with E-state index in [0.29, 0.717) is 31.3 Å². The maximum atomic E-state index is 12.4. The van der Waals surface area contributed by atoms with Gasteiger partial charge in [0.25, 0.3) is 0 Å². The van der Waals surface area contributed by atoms with Gasteiger partial charge in [0.05, 0.1) is 25.0 Å². The van der Waals surface area contributed by atoms with E-state index in [0.717, 1.165) is 12.2 Å². The zero-order chi connectivity index (χ0) is 17.7. The van der Waals surface area contributed by atoms with Gasteiger partial charge < -0.3 is 19.3 Å². The second kappa shape index (κ2) is 7.65. The number of hydrogen-bond donors (Lipinski definition) is 1. The summed E-state index contributed by atoms with van der Waals surface area (Å²) in [5.74, 6) is 1.68. The third kappa shape index (κ3) is 4.79. The van der Waals surface area contributed by atoms with Crippen molar-refractivity contribution in [1.82, 2.24) is 15.0 Å². The smallest absolute Gasteiger partial charge is 0.229 e. The molecule has 134 valence electrons. The zero-order valence-corrected chi connectivity index (χ0v) is 14.4. The van der Waals surface area contributed by atoms with Gasteiger partial charge in [0.2, 0.25) is 11.8 Å². The minimum atomic E-state index is -1.02. The molecular weight excluding hydrogens is 322 g/mol. The third-order valence-electron chi connectivity index (χ3n) is 4.29. The van der Waals surface area contributed by atoms with E-state index in [-0.39, 0.29) is 25.3 Å². The second-order valence-electron chi connectivity index (χ2n) is 6.47. The van der Waals surface area contributed by atoms with E-state index in [2.05, 4.69) is 10.1 Å². The molecule has 1 aliphatic heterocycles. The molecule has 2 heterocycles. The Morgan fingerprint density at radius 3 is 2.92 bits per heavy atom. The standard InChI is InChI=1S/C18H23N3O4/c1-14-19-16(25-20-14)12-18(23)9-5-10-21(13-18)17(22)8-11-24-15-6-3-2-4-7-15/h2-4,6-7,23H,5,8-13H2,1H3. The number of para-hydroxylation sites is 1. The number of piperidine rings is 1. The molecule has 0 spiro atoms. The van der Waals surface area contributed by atoms with Crippen LogP contribution in [0.25, 0.3) is 0 Å². The molecule has 25 heavy (non-hydrogen) atoms. The lowest BCUT2D eigenvalue weighted by Gasteiger charge is -2.38. The molecule has 0 radical (unpaired) electrons. The van der Waals surface area contributed by atoms with Crippen molar-refractivity contribution in [2.24, 2.45) is 0 Å². The first kappa shape index (κ1) is 17.4. The number of aryl methyl sites for hydroxylation is 1. The highest BCUT2D eigenvalue weighted by atomic mass is 16.5. The van der Waals surface area contributed by atoms with Gasteiger partial charge in [-0.25, -0.2) is 0 Å². The van der Waals surface area contributed by atoms with Gasteiger partial charge in [-0.1, -0.05) is 23.4 Å². The summed E-state index contributed by atoms with van der Waals surface area (Å²) in [5, 5.41) is 14.5. The normalized spacial score (nSPS) is 20.5. The number of β-amino-alcohol motifs (C(OH)–C–C–N with tert-alkyl or cyclic N) is 1.